The zero-order valence-corrected chi connectivity index (χ0v) is 18.3. The van der Waals surface area contributed by atoms with Crippen molar-refractivity contribution >= 4 is 15.8 Å². The van der Waals surface area contributed by atoms with Gasteiger partial charge in [-0.1, -0.05) is 24.3 Å². The molecule has 0 bridgehead atoms. The number of guanidine groups is 1. The van der Waals surface area contributed by atoms with Gasteiger partial charge in [0.15, 0.2) is 15.8 Å². The second-order valence-corrected chi connectivity index (χ2v) is 9.49. The van der Waals surface area contributed by atoms with E-state index in [2.05, 4.69) is 10.2 Å². The number of hydrogen-bond donors (Lipinski definition) is 1. The lowest BCUT2D eigenvalue weighted by Crippen LogP contribution is -2.50. The molecular weight excluding hydrogens is 405 g/mol. The van der Waals surface area contributed by atoms with Crippen molar-refractivity contribution in [3.05, 3.63) is 65.5 Å². The Morgan fingerprint density at radius 3 is 2.43 bits per heavy atom. The number of nitrogens with zero attached hydrogens (tertiary/aromatic N) is 2. The Morgan fingerprint density at radius 1 is 1.17 bits per heavy atom. The van der Waals surface area contributed by atoms with Crippen LogP contribution >= 0.6 is 0 Å². The van der Waals surface area contributed by atoms with Crippen molar-refractivity contribution in [1.82, 2.24) is 10.2 Å². The highest BCUT2D eigenvalue weighted by Gasteiger charge is 2.28. The molecule has 1 heterocycles. The lowest BCUT2D eigenvalue weighted by molar-refractivity contribution is -0.0605. The summed E-state index contributed by atoms with van der Waals surface area (Å²) in [4.78, 5) is 7.19. The van der Waals surface area contributed by atoms with Crippen molar-refractivity contribution in [2.75, 3.05) is 25.9 Å². The Labute approximate surface area is 177 Å². The predicted molar refractivity (Wildman–Crippen MR) is 116 cm³/mol. The highest BCUT2D eigenvalue weighted by Crippen LogP contribution is 2.25. The molecule has 0 radical (unpaired) electrons. The molecule has 2 aromatic carbocycles. The lowest BCUT2D eigenvalue weighted by Gasteiger charge is -2.38. The molecule has 30 heavy (non-hydrogen) atoms. The highest BCUT2D eigenvalue weighted by atomic mass is 32.2. The molecule has 3 rings (SSSR count). The average Bonchev–Trinajstić information content (AvgIpc) is 2.71. The van der Waals surface area contributed by atoms with E-state index in [4.69, 9.17) is 9.73 Å². The molecule has 0 aromatic heterocycles. The fourth-order valence-corrected chi connectivity index (χ4v) is 4.05. The molecule has 0 aliphatic carbocycles. The van der Waals surface area contributed by atoms with Gasteiger partial charge in [0.25, 0.3) is 0 Å². The van der Waals surface area contributed by atoms with Gasteiger partial charge in [-0.05, 0) is 49.2 Å². The third kappa shape index (κ3) is 5.79. The summed E-state index contributed by atoms with van der Waals surface area (Å²) in [5, 5.41) is 3.32. The van der Waals surface area contributed by atoms with Crippen LogP contribution in [0.5, 0.6) is 0 Å². The summed E-state index contributed by atoms with van der Waals surface area (Å²) in [5.41, 5.74) is 1.86. The van der Waals surface area contributed by atoms with Crippen LogP contribution < -0.4 is 5.32 Å². The van der Waals surface area contributed by atoms with Gasteiger partial charge in [-0.25, -0.2) is 17.8 Å². The van der Waals surface area contributed by atoms with Gasteiger partial charge in [-0.2, -0.15) is 0 Å². The number of aliphatic imine (C=N–C) groups is 1. The predicted octanol–water partition coefficient (Wildman–Crippen LogP) is 3.16. The summed E-state index contributed by atoms with van der Waals surface area (Å²) >= 11 is 0. The summed E-state index contributed by atoms with van der Waals surface area (Å²) in [6, 6.07) is 13.2. The Morgan fingerprint density at radius 2 is 1.83 bits per heavy atom. The third-order valence-electron chi connectivity index (χ3n) is 4.90. The van der Waals surface area contributed by atoms with Crippen molar-refractivity contribution in [1.29, 1.82) is 0 Å². The van der Waals surface area contributed by atoms with Crippen LogP contribution in [0.4, 0.5) is 4.39 Å². The summed E-state index contributed by atoms with van der Waals surface area (Å²) in [5.74, 6) is 0.503. The molecule has 0 saturated carbocycles. The molecule has 1 saturated heterocycles. The first kappa shape index (κ1) is 22.2. The normalized spacial score (nSPS) is 20.3. The first-order valence-corrected chi connectivity index (χ1v) is 11.9. The van der Waals surface area contributed by atoms with Crippen molar-refractivity contribution in [3.8, 4) is 0 Å². The van der Waals surface area contributed by atoms with Crippen molar-refractivity contribution in [2.45, 2.75) is 37.5 Å². The molecule has 2 unspecified atom stereocenters. The summed E-state index contributed by atoms with van der Waals surface area (Å²) < 4.78 is 42.6. The molecule has 2 aromatic rings. The maximum absolute atomic E-state index is 13.3. The van der Waals surface area contributed by atoms with E-state index >= 15 is 0 Å². The van der Waals surface area contributed by atoms with Gasteiger partial charge in [0.2, 0.25) is 0 Å². The first-order chi connectivity index (χ1) is 14.3. The van der Waals surface area contributed by atoms with Gasteiger partial charge in [0.05, 0.1) is 24.1 Å². The fraction of sp³-hybridized carbons (Fsp3) is 0.409. The molecule has 2 atom stereocenters. The van der Waals surface area contributed by atoms with Crippen LogP contribution in [-0.4, -0.2) is 51.3 Å². The van der Waals surface area contributed by atoms with Crippen molar-refractivity contribution in [3.63, 3.8) is 0 Å². The summed E-state index contributed by atoms with van der Waals surface area (Å²) in [7, 11) is -3.21. The van der Waals surface area contributed by atoms with Gasteiger partial charge in [-0.3, -0.25) is 0 Å². The molecule has 162 valence electrons. The van der Waals surface area contributed by atoms with Crippen molar-refractivity contribution < 1.29 is 17.5 Å². The second kappa shape index (κ2) is 9.57. The fourth-order valence-electron chi connectivity index (χ4n) is 3.42. The highest BCUT2D eigenvalue weighted by molar-refractivity contribution is 7.90. The average molecular weight is 434 g/mol. The van der Waals surface area contributed by atoms with Gasteiger partial charge < -0.3 is 15.0 Å². The number of sulfone groups is 1. The molecule has 6 nitrogen and oxygen atoms in total. The zero-order valence-electron chi connectivity index (χ0n) is 17.5. The van der Waals surface area contributed by atoms with Gasteiger partial charge in [-0.15, -0.1) is 0 Å². The SMILES string of the molecule is CCNC(=NCc1ccc(S(C)(=O)=O)cc1)N1CC(C)OC(c2ccc(F)cc2)C1. The van der Waals surface area contributed by atoms with Crippen LogP contribution in [0.15, 0.2) is 58.4 Å². The van der Waals surface area contributed by atoms with E-state index in [1.165, 1.54) is 18.4 Å². The Hall–Kier alpha value is -2.45. The lowest BCUT2D eigenvalue weighted by atomic mass is 10.1. The van der Waals surface area contributed by atoms with Crippen LogP contribution in [0.1, 0.15) is 31.1 Å². The molecule has 1 aliphatic heterocycles. The molecule has 1 N–H and O–H groups in total. The number of rotatable bonds is 5. The van der Waals surface area contributed by atoms with Crippen LogP contribution in [0, 0.1) is 5.82 Å². The number of nitrogens with one attached hydrogen (secondary N) is 1. The van der Waals surface area contributed by atoms with Crippen LogP contribution in [0.25, 0.3) is 0 Å². The number of ether oxygens (including phenoxy) is 1. The zero-order chi connectivity index (χ0) is 21.7. The van der Waals surface area contributed by atoms with E-state index < -0.39 is 9.84 Å². The Bertz CT molecular complexity index is 976. The molecule has 1 fully saturated rings. The molecule has 0 spiro atoms. The quantitative estimate of drug-likeness (QED) is 0.579. The first-order valence-electron chi connectivity index (χ1n) is 9.99. The van der Waals surface area contributed by atoms with E-state index in [1.807, 2.05) is 13.8 Å². The largest absolute Gasteiger partial charge is 0.367 e. The van der Waals surface area contributed by atoms with E-state index in [0.717, 1.165) is 23.6 Å². The number of benzene rings is 2. The van der Waals surface area contributed by atoms with Gasteiger partial charge >= 0.3 is 0 Å². The monoisotopic (exact) mass is 433 g/mol. The number of morpholine rings is 1. The van der Waals surface area contributed by atoms with E-state index in [-0.39, 0.29) is 18.0 Å². The molecular formula is C22H28FN3O3S. The topological polar surface area (TPSA) is 71.0 Å². The smallest absolute Gasteiger partial charge is 0.194 e. The molecule has 8 heteroatoms. The van der Waals surface area contributed by atoms with Crippen LogP contribution in [0.3, 0.4) is 0 Å². The van der Waals surface area contributed by atoms with Crippen molar-refractivity contribution in [2.24, 2.45) is 4.99 Å². The second-order valence-electron chi connectivity index (χ2n) is 7.48. The number of hydrogen-bond acceptors (Lipinski definition) is 4. The Kier molecular flexibility index (Phi) is 7.10. The molecule has 1 aliphatic rings. The van der Waals surface area contributed by atoms with E-state index in [0.29, 0.717) is 24.5 Å². The number of halogens is 1. The summed E-state index contributed by atoms with van der Waals surface area (Å²) in [6.45, 7) is 6.47. The Balaban J connectivity index is 1.76. The third-order valence-corrected chi connectivity index (χ3v) is 6.03. The maximum atomic E-state index is 13.3. The maximum Gasteiger partial charge on any atom is 0.194 e. The minimum atomic E-state index is -3.21. The minimum Gasteiger partial charge on any atom is -0.367 e. The van der Waals surface area contributed by atoms with Gasteiger partial charge in [0, 0.05) is 19.3 Å². The summed E-state index contributed by atoms with van der Waals surface area (Å²) in [6.07, 6.45) is 1.01. The van der Waals surface area contributed by atoms with Crippen LogP contribution in [0.2, 0.25) is 0 Å². The standard InChI is InChI=1S/C22H28FN3O3S/c1-4-24-22(25-13-17-5-11-20(12-6-17)30(3,27)28)26-14-16(2)29-21(15-26)18-7-9-19(23)10-8-18/h5-12,16,21H,4,13-15H2,1-3H3,(H,24,25). The van der Waals surface area contributed by atoms with E-state index in [9.17, 15) is 12.8 Å². The minimum absolute atomic E-state index is 0.00768. The van der Waals surface area contributed by atoms with E-state index in [1.54, 1.807) is 36.4 Å². The molecule has 0 amide bonds. The van der Waals surface area contributed by atoms with Crippen LogP contribution in [-0.2, 0) is 21.1 Å². The van der Waals surface area contributed by atoms with Gasteiger partial charge in [0.1, 0.15) is 11.9 Å².